The lowest BCUT2D eigenvalue weighted by Crippen LogP contribution is -2.37. The quantitative estimate of drug-likeness (QED) is 0.671. The van der Waals surface area contributed by atoms with E-state index < -0.39 is 6.10 Å². The minimum absolute atomic E-state index is 0.213. The summed E-state index contributed by atoms with van der Waals surface area (Å²) in [6, 6.07) is 18.1. The Morgan fingerprint density at radius 3 is 2.46 bits per heavy atom. The van der Waals surface area contributed by atoms with E-state index in [9.17, 15) is 4.79 Å². The van der Waals surface area contributed by atoms with Crippen molar-refractivity contribution in [3.05, 3.63) is 71.2 Å². The summed E-state index contributed by atoms with van der Waals surface area (Å²) in [6.07, 6.45) is -0.715. The van der Waals surface area contributed by atoms with E-state index in [1.54, 1.807) is 36.1 Å². The molecule has 1 amide bonds. The predicted molar refractivity (Wildman–Crippen MR) is 102 cm³/mol. The Morgan fingerprint density at radius 1 is 1.19 bits per heavy atom. The first-order chi connectivity index (χ1) is 12.6. The normalized spacial score (nSPS) is 11.4. The van der Waals surface area contributed by atoms with Crippen molar-refractivity contribution in [1.29, 1.82) is 5.26 Å². The largest absolute Gasteiger partial charge is 0.481 e. The fourth-order valence-electron chi connectivity index (χ4n) is 2.40. The number of carbonyl (C=O) groups excluding carboxylic acids is 1. The Labute approximate surface area is 156 Å². The molecule has 0 N–H and O–H groups in total. The van der Waals surface area contributed by atoms with E-state index in [0.717, 1.165) is 11.4 Å². The molecule has 0 aliphatic rings. The van der Waals surface area contributed by atoms with Gasteiger partial charge in [-0.05, 0) is 50.2 Å². The molecule has 1 atom stereocenters. The van der Waals surface area contributed by atoms with Gasteiger partial charge in [-0.3, -0.25) is 9.69 Å². The monoisotopic (exact) mass is 363 g/mol. The van der Waals surface area contributed by atoms with E-state index in [4.69, 9.17) is 10.00 Å². The minimum Gasteiger partial charge on any atom is -0.481 e. The van der Waals surface area contributed by atoms with Gasteiger partial charge in [0.2, 0.25) is 0 Å². The summed E-state index contributed by atoms with van der Waals surface area (Å²) in [7, 11) is 0. The second-order valence-electron chi connectivity index (χ2n) is 5.68. The first kappa shape index (κ1) is 17.6. The maximum absolute atomic E-state index is 13.1. The van der Waals surface area contributed by atoms with Crippen LogP contribution in [0.25, 0.3) is 0 Å². The minimum atomic E-state index is -0.715. The zero-order valence-electron chi connectivity index (χ0n) is 14.4. The molecule has 0 saturated heterocycles. The van der Waals surface area contributed by atoms with Crippen LogP contribution in [0.1, 0.15) is 18.2 Å². The van der Waals surface area contributed by atoms with Crippen molar-refractivity contribution in [1.82, 2.24) is 4.98 Å². The number of ether oxygens (including phenoxy) is 1. The van der Waals surface area contributed by atoms with Crippen LogP contribution in [0.3, 0.4) is 0 Å². The summed E-state index contributed by atoms with van der Waals surface area (Å²) >= 11 is 1.41. The summed E-state index contributed by atoms with van der Waals surface area (Å²) in [5.74, 6) is 0.322. The number of aryl methyl sites for hydroxylation is 1. The fourth-order valence-corrected chi connectivity index (χ4v) is 3.22. The summed E-state index contributed by atoms with van der Waals surface area (Å²) in [5, 5.41) is 11.4. The third-order valence-electron chi connectivity index (χ3n) is 3.68. The van der Waals surface area contributed by atoms with Gasteiger partial charge in [-0.15, -0.1) is 11.3 Å². The molecule has 3 rings (SSSR count). The van der Waals surface area contributed by atoms with Gasteiger partial charge in [-0.25, -0.2) is 4.98 Å². The number of thiazole rings is 1. The SMILES string of the molecule is Cc1csc(N(C(=O)C(C)Oc2ccc(C#N)cc2)c2ccccc2)n1. The lowest BCUT2D eigenvalue weighted by atomic mass is 10.2. The van der Waals surface area contributed by atoms with Crippen LogP contribution in [0.4, 0.5) is 10.8 Å². The molecule has 1 unspecified atom stereocenters. The number of rotatable bonds is 5. The second kappa shape index (κ2) is 7.81. The van der Waals surface area contributed by atoms with Crippen LogP contribution in [0, 0.1) is 18.3 Å². The van der Waals surface area contributed by atoms with Crippen LogP contribution in [0.2, 0.25) is 0 Å². The molecule has 0 fully saturated rings. The van der Waals surface area contributed by atoms with E-state index in [-0.39, 0.29) is 5.91 Å². The van der Waals surface area contributed by atoms with Crippen molar-refractivity contribution < 1.29 is 9.53 Å². The van der Waals surface area contributed by atoms with Crippen LogP contribution in [-0.2, 0) is 4.79 Å². The number of aromatic nitrogens is 1. The Bertz CT molecular complexity index is 930. The number of nitrogens with zero attached hydrogens (tertiary/aromatic N) is 3. The highest BCUT2D eigenvalue weighted by Crippen LogP contribution is 2.29. The number of amides is 1. The lowest BCUT2D eigenvalue weighted by molar-refractivity contribution is -0.123. The standard InChI is InChI=1S/C20H17N3O2S/c1-14-13-26-20(22-14)23(17-6-4-3-5-7-17)19(24)15(2)25-18-10-8-16(12-21)9-11-18/h3-11,13,15H,1-2H3. The van der Waals surface area contributed by atoms with E-state index in [0.29, 0.717) is 16.4 Å². The third-order valence-corrected chi connectivity index (χ3v) is 4.62. The van der Waals surface area contributed by atoms with E-state index in [1.807, 2.05) is 42.6 Å². The Hall–Kier alpha value is -3.17. The summed E-state index contributed by atoms with van der Waals surface area (Å²) in [6.45, 7) is 3.60. The van der Waals surface area contributed by atoms with E-state index >= 15 is 0 Å². The predicted octanol–water partition coefficient (Wildman–Crippen LogP) is 4.46. The maximum atomic E-state index is 13.1. The van der Waals surface area contributed by atoms with Gasteiger partial charge in [0.05, 0.1) is 23.0 Å². The van der Waals surface area contributed by atoms with Crippen molar-refractivity contribution in [3.8, 4) is 11.8 Å². The van der Waals surface area contributed by atoms with E-state index in [1.165, 1.54) is 11.3 Å². The lowest BCUT2D eigenvalue weighted by Gasteiger charge is -2.24. The second-order valence-corrected chi connectivity index (χ2v) is 6.51. The van der Waals surface area contributed by atoms with Crippen molar-refractivity contribution in [2.24, 2.45) is 0 Å². The molecule has 0 aliphatic carbocycles. The van der Waals surface area contributed by atoms with Gasteiger partial charge in [0.15, 0.2) is 11.2 Å². The topological polar surface area (TPSA) is 66.2 Å². The molecule has 130 valence electrons. The highest BCUT2D eigenvalue weighted by Gasteiger charge is 2.27. The molecule has 0 bridgehead atoms. The van der Waals surface area contributed by atoms with Crippen molar-refractivity contribution in [2.45, 2.75) is 20.0 Å². The van der Waals surface area contributed by atoms with Crippen LogP contribution in [0.15, 0.2) is 60.0 Å². The molecule has 0 aliphatic heterocycles. The van der Waals surface area contributed by atoms with Gasteiger partial charge in [-0.1, -0.05) is 18.2 Å². The third kappa shape index (κ3) is 3.90. The molecule has 5 nitrogen and oxygen atoms in total. The Kier molecular flexibility index (Phi) is 5.30. The first-order valence-corrected chi connectivity index (χ1v) is 8.94. The molecule has 1 aromatic heterocycles. The number of benzene rings is 2. The van der Waals surface area contributed by atoms with Crippen molar-refractivity contribution in [3.63, 3.8) is 0 Å². The van der Waals surface area contributed by atoms with Crippen LogP contribution >= 0.6 is 11.3 Å². The molecule has 0 spiro atoms. The fraction of sp³-hybridized carbons (Fsp3) is 0.150. The van der Waals surface area contributed by atoms with Gasteiger partial charge in [-0.2, -0.15) is 5.26 Å². The number of nitriles is 1. The van der Waals surface area contributed by atoms with Crippen molar-refractivity contribution >= 4 is 28.1 Å². The molecular weight excluding hydrogens is 346 g/mol. The van der Waals surface area contributed by atoms with Gasteiger partial charge in [0, 0.05) is 5.38 Å². The van der Waals surface area contributed by atoms with Crippen LogP contribution in [0.5, 0.6) is 5.75 Å². The number of hydrogen-bond acceptors (Lipinski definition) is 5. The Morgan fingerprint density at radius 2 is 1.88 bits per heavy atom. The molecule has 26 heavy (non-hydrogen) atoms. The van der Waals surface area contributed by atoms with Gasteiger partial charge >= 0.3 is 0 Å². The number of carbonyl (C=O) groups is 1. The zero-order chi connectivity index (χ0) is 18.5. The zero-order valence-corrected chi connectivity index (χ0v) is 15.2. The molecular formula is C20H17N3O2S. The summed E-state index contributed by atoms with van der Waals surface area (Å²) in [4.78, 5) is 19.1. The number of para-hydroxylation sites is 1. The smallest absolute Gasteiger partial charge is 0.274 e. The molecule has 3 aromatic rings. The number of anilines is 2. The van der Waals surface area contributed by atoms with E-state index in [2.05, 4.69) is 11.1 Å². The highest BCUT2D eigenvalue weighted by molar-refractivity contribution is 7.14. The maximum Gasteiger partial charge on any atom is 0.274 e. The average molecular weight is 363 g/mol. The van der Waals surface area contributed by atoms with Crippen LogP contribution in [-0.4, -0.2) is 17.0 Å². The Balaban J connectivity index is 1.85. The summed E-state index contributed by atoms with van der Waals surface area (Å²) < 4.78 is 5.78. The molecule has 0 radical (unpaired) electrons. The first-order valence-electron chi connectivity index (χ1n) is 8.06. The summed E-state index contributed by atoms with van der Waals surface area (Å²) in [5.41, 5.74) is 2.14. The van der Waals surface area contributed by atoms with Gasteiger partial charge in [0.1, 0.15) is 5.75 Å². The highest BCUT2D eigenvalue weighted by atomic mass is 32.1. The molecule has 6 heteroatoms. The molecule has 1 heterocycles. The molecule has 2 aromatic carbocycles. The van der Waals surface area contributed by atoms with Crippen LogP contribution < -0.4 is 9.64 Å². The van der Waals surface area contributed by atoms with Gasteiger partial charge in [0.25, 0.3) is 5.91 Å². The molecule has 0 saturated carbocycles. The van der Waals surface area contributed by atoms with Gasteiger partial charge < -0.3 is 4.74 Å². The average Bonchev–Trinajstić information content (AvgIpc) is 3.09. The number of hydrogen-bond donors (Lipinski definition) is 0. The van der Waals surface area contributed by atoms with Crippen molar-refractivity contribution in [2.75, 3.05) is 4.90 Å².